The molecule has 2 aromatic carbocycles. The van der Waals surface area contributed by atoms with E-state index in [1.54, 1.807) is 6.26 Å². The summed E-state index contributed by atoms with van der Waals surface area (Å²) in [5, 5.41) is 12.5. The van der Waals surface area contributed by atoms with E-state index in [4.69, 9.17) is 10.8 Å². The summed E-state index contributed by atoms with van der Waals surface area (Å²) in [6.45, 7) is 15.7. The van der Waals surface area contributed by atoms with E-state index in [0.29, 0.717) is 12.8 Å². The van der Waals surface area contributed by atoms with E-state index in [-0.39, 0.29) is 37.7 Å². The molecule has 0 unspecified atom stereocenters. The van der Waals surface area contributed by atoms with Crippen molar-refractivity contribution >= 4 is 27.7 Å². The van der Waals surface area contributed by atoms with Crippen LogP contribution < -0.4 is 0 Å². The first-order valence-corrected chi connectivity index (χ1v) is 13.7. The molecule has 39 heavy (non-hydrogen) atoms. The van der Waals surface area contributed by atoms with Crippen LogP contribution in [-0.4, -0.2) is 15.9 Å². The van der Waals surface area contributed by atoms with Crippen molar-refractivity contribution in [2.45, 2.75) is 81.1 Å². The molecule has 0 aliphatic heterocycles. The first kappa shape index (κ1) is 30.8. The Labute approximate surface area is 248 Å². The van der Waals surface area contributed by atoms with Gasteiger partial charge in [-0.1, -0.05) is 73.6 Å². The van der Waals surface area contributed by atoms with Crippen molar-refractivity contribution in [2.75, 3.05) is 0 Å². The Morgan fingerprint density at radius 1 is 1.00 bits per heavy atom. The van der Waals surface area contributed by atoms with Crippen LogP contribution in [0.5, 0.6) is 0 Å². The largest absolute Gasteiger partial charge is 0.512 e. The standard InChI is InChI=1S/C19H14NO.C15H28O2.Ir/c1-12-9-13(2)11-14(10-12)18-19-16(7-8-21-19)15-5-3-4-6-17(15)20-18;1-7-14(5,8-2)12(16)11-13(17)15(6,9-3)10-4;/h3-10H,1-2H3;11,16H,7-10H2,1-6H3;/q-1;;/b;12-11-;/i;11D;. The zero-order chi connectivity index (χ0) is 29.0. The normalized spacial score (nSPS) is 12.8. The number of fused-ring (bicyclic) bond motifs is 3. The average Bonchev–Trinajstić information content (AvgIpc) is 3.45. The average molecular weight is 706 g/mol. The van der Waals surface area contributed by atoms with Gasteiger partial charge in [-0.25, -0.2) is 0 Å². The molecular weight excluding hydrogens is 663 g/mol. The fourth-order valence-corrected chi connectivity index (χ4v) is 4.45. The van der Waals surface area contributed by atoms with Gasteiger partial charge in [-0.3, -0.25) is 9.78 Å². The number of carbonyl (C=O) groups excluding carboxylic acids is 1. The quantitative estimate of drug-likeness (QED) is 0.113. The SMILES string of the molecule is Cc1[c-]c(-c2nc3ccccc3c3ccoc23)cc(C)c1.[2H]/C(C(=O)C(C)(CC)CC)=C(/O)C(C)(CC)CC.[Ir]. The summed E-state index contributed by atoms with van der Waals surface area (Å²) in [6.07, 6.45) is 4.55. The molecule has 5 heteroatoms. The van der Waals surface area contributed by atoms with Crippen LogP contribution >= 0.6 is 0 Å². The number of carbonyl (C=O) groups is 1. The third-order valence-electron chi connectivity index (χ3n) is 8.18. The molecule has 211 valence electrons. The molecule has 0 fully saturated rings. The second-order valence-electron chi connectivity index (χ2n) is 10.7. The molecule has 1 N–H and O–H groups in total. The molecule has 0 saturated heterocycles. The Hall–Kier alpha value is -2.75. The van der Waals surface area contributed by atoms with E-state index in [1.807, 2.05) is 65.8 Å². The van der Waals surface area contributed by atoms with Gasteiger partial charge >= 0.3 is 0 Å². The number of ketones is 1. The van der Waals surface area contributed by atoms with Gasteiger partial charge in [0.15, 0.2) is 5.78 Å². The molecular formula is C34H42IrNO3-. The second kappa shape index (κ2) is 13.5. The number of hydrogen-bond acceptors (Lipinski definition) is 4. The summed E-state index contributed by atoms with van der Waals surface area (Å²) in [5.74, 6) is -0.288. The summed E-state index contributed by atoms with van der Waals surface area (Å²) in [5.41, 5.74) is 4.97. The maximum absolute atomic E-state index is 12.3. The van der Waals surface area contributed by atoms with Gasteiger partial charge in [-0.15, -0.1) is 34.9 Å². The zero-order valence-corrected chi connectivity index (χ0v) is 26.9. The number of benzene rings is 2. The maximum Gasteiger partial charge on any atom is 0.164 e. The van der Waals surface area contributed by atoms with Gasteiger partial charge in [0.05, 0.1) is 13.2 Å². The number of aliphatic hydroxyl groups is 1. The molecule has 0 saturated carbocycles. The second-order valence-corrected chi connectivity index (χ2v) is 10.7. The van der Waals surface area contributed by atoms with Crippen molar-refractivity contribution in [3.05, 3.63) is 77.7 Å². The van der Waals surface area contributed by atoms with Gasteiger partial charge in [0.1, 0.15) is 11.3 Å². The minimum absolute atomic E-state index is 0. The first-order valence-electron chi connectivity index (χ1n) is 14.2. The Balaban J connectivity index is 0.000000278. The number of furan rings is 1. The minimum Gasteiger partial charge on any atom is -0.512 e. The number of aliphatic hydroxyl groups excluding tert-OH is 1. The van der Waals surface area contributed by atoms with E-state index in [2.05, 4.69) is 38.1 Å². The van der Waals surface area contributed by atoms with E-state index >= 15 is 0 Å². The van der Waals surface area contributed by atoms with Crippen LogP contribution in [0, 0.1) is 30.7 Å². The monoisotopic (exact) mass is 706 g/mol. The summed E-state index contributed by atoms with van der Waals surface area (Å²) < 4.78 is 13.7. The smallest absolute Gasteiger partial charge is 0.164 e. The first-order chi connectivity index (χ1) is 18.4. The molecule has 0 atom stereocenters. The van der Waals surface area contributed by atoms with Crippen molar-refractivity contribution in [3.63, 3.8) is 0 Å². The molecule has 4 rings (SSSR count). The van der Waals surface area contributed by atoms with E-state index < -0.39 is 10.8 Å². The molecule has 0 aliphatic carbocycles. The third kappa shape index (κ3) is 7.07. The van der Waals surface area contributed by atoms with Gasteiger partial charge in [-0.2, -0.15) is 0 Å². The van der Waals surface area contributed by atoms with Crippen LogP contribution in [-0.2, 0) is 24.9 Å². The summed E-state index contributed by atoms with van der Waals surface area (Å²) in [7, 11) is 0. The number of rotatable bonds is 8. The van der Waals surface area contributed by atoms with E-state index in [9.17, 15) is 9.90 Å². The van der Waals surface area contributed by atoms with Gasteiger partial charge in [0.2, 0.25) is 0 Å². The number of nitrogens with zero attached hydrogens (tertiary/aromatic N) is 1. The van der Waals surface area contributed by atoms with Crippen molar-refractivity contribution in [3.8, 4) is 11.3 Å². The topological polar surface area (TPSA) is 63.3 Å². The number of aromatic nitrogens is 1. The Kier molecular flexibility index (Phi) is 10.7. The van der Waals surface area contributed by atoms with Gasteiger partial charge in [-0.05, 0) is 37.8 Å². The number of pyridine rings is 1. The zero-order valence-electron chi connectivity index (χ0n) is 25.5. The molecule has 4 nitrogen and oxygen atoms in total. The van der Waals surface area contributed by atoms with Crippen molar-refractivity contribution < 1.29 is 35.8 Å². The van der Waals surface area contributed by atoms with Crippen LogP contribution in [0.25, 0.3) is 33.1 Å². The fraction of sp³-hybridized carbons (Fsp3) is 0.412. The van der Waals surface area contributed by atoms with Crippen molar-refractivity contribution in [2.24, 2.45) is 10.8 Å². The molecule has 0 spiro atoms. The predicted octanol–water partition coefficient (Wildman–Crippen LogP) is 9.71. The number of allylic oxidation sites excluding steroid dienone is 2. The van der Waals surface area contributed by atoms with Crippen LogP contribution in [0.15, 0.2) is 65.0 Å². The summed E-state index contributed by atoms with van der Waals surface area (Å²) >= 11 is 0. The van der Waals surface area contributed by atoms with Crippen molar-refractivity contribution in [1.29, 1.82) is 0 Å². The molecule has 4 aromatic rings. The third-order valence-corrected chi connectivity index (χ3v) is 8.18. The Bertz CT molecular complexity index is 1480. The fourth-order valence-electron chi connectivity index (χ4n) is 4.45. The maximum atomic E-state index is 12.3. The van der Waals surface area contributed by atoms with Crippen LogP contribution in [0.1, 0.15) is 79.7 Å². The van der Waals surface area contributed by atoms with E-state index in [0.717, 1.165) is 51.5 Å². The minimum atomic E-state index is -0.534. The molecule has 0 aliphatic rings. The van der Waals surface area contributed by atoms with Crippen LogP contribution in [0.3, 0.4) is 0 Å². The Morgan fingerprint density at radius 2 is 1.62 bits per heavy atom. The number of hydrogen-bond donors (Lipinski definition) is 1. The summed E-state index contributed by atoms with van der Waals surface area (Å²) in [6, 6.07) is 17.6. The molecule has 1 radical (unpaired) electrons. The van der Waals surface area contributed by atoms with Crippen LogP contribution in [0.4, 0.5) is 0 Å². The van der Waals surface area contributed by atoms with Gasteiger partial charge in [0.25, 0.3) is 0 Å². The van der Waals surface area contributed by atoms with Crippen LogP contribution in [0.2, 0.25) is 0 Å². The van der Waals surface area contributed by atoms with E-state index in [1.165, 1.54) is 5.56 Å². The number of para-hydroxylation sites is 1. The van der Waals surface area contributed by atoms with Gasteiger partial charge < -0.3 is 9.52 Å². The van der Waals surface area contributed by atoms with Gasteiger partial charge in [0, 0.05) is 53.5 Å². The predicted molar refractivity (Wildman–Crippen MR) is 158 cm³/mol. The molecule has 2 aromatic heterocycles. The number of aryl methyl sites for hydroxylation is 2. The molecule has 0 bridgehead atoms. The Morgan fingerprint density at radius 3 is 2.21 bits per heavy atom. The summed E-state index contributed by atoms with van der Waals surface area (Å²) in [4.78, 5) is 17.1. The van der Waals surface area contributed by atoms with Crippen molar-refractivity contribution in [1.82, 2.24) is 4.98 Å². The molecule has 2 heterocycles. The molecule has 0 amide bonds.